The van der Waals surface area contributed by atoms with Crippen molar-refractivity contribution in [1.29, 1.82) is 0 Å². The van der Waals surface area contributed by atoms with Gasteiger partial charge in [-0.05, 0) is 45.5 Å². The molecule has 0 saturated heterocycles. The number of hydrogen-bond donors (Lipinski definition) is 1. The molecule has 0 aliphatic rings. The van der Waals surface area contributed by atoms with Crippen molar-refractivity contribution in [3.8, 4) is 0 Å². The number of likely N-dealkylation sites (N-methyl/N-ethyl adjacent to an activating group) is 1. The van der Waals surface area contributed by atoms with E-state index in [0.29, 0.717) is 6.61 Å². The largest absolute Gasteiger partial charge is 0.374 e. The molecule has 0 saturated carbocycles. The highest BCUT2D eigenvalue weighted by Crippen LogP contribution is 2.29. The summed E-state index contributed by atoms with van der Waals surface area (Å²) < 4.78 is 5.77. The van der Waals surface area contributed by atoms with Gasteiger partial charge in [-0.3, -0.25) is 0 Å². The number of benzene rings is 1. The number of nitrogens with one attached hydrogen (secondary N) is 1. The predicted molar refractivity (Wildman–Crippen MR) is 69.0 cm³/mol. The third-order valence-corrected chi connectivity index (χ3v) is 2.92. The molecular formula is C13H20ClNO. The maximum absolute atomic E-state index is 6.00. The van der Waals surface area contributed by atoms with Crippen LogP contribution in [0, 0.1) is 0 Å². The van der Waals surface area contributed by atoms with Gasteiger partial charge in [0.05, 0.1) is 11.6 Å². The van der Waals surface area contributed by atoms with Gasteiger partial charge in [0.25, 0.3) is 0 Å². The Morgan fingerprint density at radius 2 is 2.12 bits per heavy atom. The fraction of sp³-hybridized carbons (Fsp3) is 0.538. The fourth-order valence-electron chi connectivity index (χ4n) is 2.06. The first kappa shape index (κ1) is 13.5. The second kappa shape index (κ2) is 5.67. The van der Waals surface area contributed by atoms with Gasteiger partial charge >= 0.3 is 0 Å². The van der Waals surface area contributed by atoms with E-state index in [0.717, 1.165) is 10.6 Å². The molecule has 0 fully saturated rings. The molecule has 16 heavy (non-hydrogen) atoms. The van der Waals surface area contributed by atoms with Crippen LogP contribution in [0.2, 0.25) is 5.02 Å². The molecule has 1 unspecified atom stereocenters. The maximum atomic E-state index is 6.00. The molecule has 1 aromatic rings. The summed E-state index contributed by atoms with van der Waals surface area (Å²) in [6, 6.07) is 8.01. The van der Waals surface area contributed by atoms with E-state index >= 15 is 0 Å². The van der Waals surface area contributed by atoms with Gasteiger partial charge in [-0.1, -0.05) is 23.7 Å². The van der Waals surface area contributed by atoms with E-state index in [9.17, 15) is 0 Å². The lowest BCUT2D eigenvalue weighted by molar-refractivity contribution is -0.0374. The van der Waals surface area contributed by atoms with Crippen LogP contribution in [0.1, 0.15) is 32.4 Å². The molecule has 0 radical (unpaired) electrons. The normalized spacial score (nSPS) is 13.8. The van der Waals surface area contributed by atoms with Gasteiger partial charge in [0.2, 0.25) is 0 Å². The topological polar surface area (TPSA) is 21.3 Å². The van der Waals surface area contributed by atoms with Crippen molar-refractivity contribution in [2.75, 3.05) is 13.7 Å². The molecule has 1 N–H and O–H groups in total. The molecular weight excluding hydrogens is 222 g/mol. The van der Waals surface area contributed by atoms with E-state index in [4.69, 9.17) is 16.3 Å². The first-order valence-electron chi connectivity index (χ1n) is 5.58. The summed E-state index contributed by atoms with van der Waals surface area (Å²) >= 11 is 6.00. The molecule has 0 amide bonds. The van der Waals surface area contributed by atoms with Crippen molar-refractivity contribution >= 4 is 11.6 Å². The standard InChI is InChI=1S/C13H20ClNO/c1-5-16-13(2,3)12(15-4)10-7-6-8-11(14)9-10/h6-9,12,15H,5H2,1-4H3. The van der Waals surface area contributed by atoms with Crippen LogP contribution in [0.4, 0.5) is 0 Å². The highest BCUT2D eigenvalue weighted by atomic mass is 35.5. The molecule has 1 rings (SSSR count). The minimum Gasteiger partial charge on any atom is -0.374 e. The Kier molecular flexibility index (Phi) is 4.78. The summed E-state index contributed by atoms with van der Waals surface area (Å²) in [7, 11) is 1.94. The molecule has 0 heterocycles. The Morgan fingerprint density at radius 1 is 1.44 bits per heavy atom. The van der Waals surface area contributed by atoms with Crippen LogP contribution in [0.15, 0.2) is 24.3 Å². The summed E-state index contributed by atoms with van der Waals surface area (Å²) in [6.07, 6.45) is 0. The van der Waals surface area contributed by atoms with Crippen LogP contribution < -0.4 is 5.32 Å². The first-order chi connectivity index (χ1) is 7.51. The maximum Gasteiger partial charge on any atom is 0.0820 e. The van der Waals surface area contributed by atoms with Crippen molar-refractivity contribution in [2.45, 2.75) is 32.4 Å². The molecule has 2 nitrogen and oxygen atoms in total. The molecule has 3 heteroatoms. The van der Waals surface area contributed by atoms with Crippen LogP contribution in [0.25, 0.3) is 0 Å². The van der Waals surface area contributed by atoms with E-state index in [1.165, 1.54) is 0 Å². The number of halogens is 1. The van der Waals surface area contributed by atoms with E-state index < -0.39 is 0 Å². The van der Waals surface area contributed by atoms with Crippen LogP contribution >= 0.6 is 11.6 Å². The Hall–Kier alpha value is -0.570. The number of ether oxygens (including phenoxy) is 1. The van der Waals surface area contributed by atoms with Crippen molar-refractivity contribution < 1.29 is 4.74 Å². The van der Waals surface area contributed by atoms with Crippen LogP contribution in [-0.4, -0.2) is 19.3 Å². The Balaban J connectivity index is 2.98. The summed E-state index contributed by atoms with van der Waals surface area (Å²) in [5.41, 5.74) is 0.891. The summed E-state index contributed by atoms with van der Waals surface area (Å²) in [5.74, 6) is 0. The predicted octanol–water partition coefficient (Wildman–Crippen LogP) is 3.42. The van der Waals surface area contributed by atoms with Crippen molar-refractivity contribution in [3.63, 3.8) is 0 Å². The molecule has 0 aromatic heterocycles. The zero-order valence-corrected chi connectivity index (χ0v) is 11.1. The SMILES string of the molecule is CCOC(C)(C)C(NC)c1cccc(Cl)c1. The van der Waals surface area contributed by atoms with Gasteiger partial charge < -0.3 is 10.1 Å². The van der Waals surface area contributed by atoms with Gasteiger partial charge in [-0.2, -0.15) is 0 Å². The Morgan fingerprint density at radius 3 is 2.62 bits per heavy atom. The van der Waals surface area contributed by atoms with Gasteiger partial charge in [0, 0.05) is 11.6 Å². The van der Waals surface area contributed by atoms with Crippen LogP contribution in [0.5, 0.6) is 0 Å². The van der Waals surface area contributed by atoms with E-state index in [2.05, 4.69) is 25.2 Å². The van der Waals surface area contributed by atoms with E-state index in [1.54, 1.807) is 0 Å². The van der Waals surface area contributed by atoms with Crippen LogP contribution in [0.3, 0.4) is 0 Å². The van der Waals surface area contributed by atoms with Crippen molar-refractivity contribution in [2.24, 2.45) is 0 Å². The quantitative estimate of drug-likeness (QED) is 0.853. The highest BCUT2D eigenvalue weighted by molar-refractivity contribution is 6.30. The highest BCUT2D eigenvalue weighted by Gasteiger charge is 2.30. The minimum atomic E-state index is -0.256. The second-order valence-electron chi connectivity index (χ2n) is 4.31. The molecule has 0 aliphatic heterocycles. The van der Waals surface area contributed by atoms with Gasteiger partial charge in [0.15, 0.2) is 0 Å². The van der Waals surface area contributed by atoms with Gasteiger partial charge in [-0.15, -0.1) is 0 Å². The molecule has 1 aromatic carbocycles. The third kappa shape index (κ3) is 3.21. The van der Waals surface area contributed by atoms with E-state index in [-0.39, 0.29) is 11.6 Å². The summed E-state index contributed by atoms with van der Waals surface area (Å²) in [5, 5.41) is 4.04. The van der Waals surface area contributed by atoms with Crippen molar-refractivity contribution in [1.82, 2.24) is 5.32 Å². The fourth-order valence-corrected chi connectivity index (χ4v) is 2.26. The minimum absolute atomic E-state index is 0.131. The Bertz CT molecular complexity index is 338. The Labute approximate surface area is 103 Å². The third-order valence-electron chi connectivity index (χ3n) is 2.68. The average Bonchev–Trinajstić information content (AvgIpc) is 2.18. The molecule has 1 atom stereocenters. The summed E-state index contributed by atoms with van der Waals surface area (Å²) in [6.45, 7) is 6.87. The lowest BCUT2D eigenvalue weighted by Crippen LogP contribution is -2.40. The molecule has 90 valence electrons. The zero-order valence-electron chi connectivity index (χ0n) is 10.4. The zero-order chi connectivity index (χ0) is 12.2. The second-order valence-corrected chi connectivity index (χ2v) is 4.75. The van der Waals surface area contributed by atoms with E-state index in [1.807, 2.05) is 32.2 Å². The number of hydrogen-bond acceptors (Lipinski definition) is 2. The number of rotatable bonds is 5. The lowest BCUT2D eigenvalue weighted by atomic mass is 9.92. The van der Waals surface area contributed by atoms with Crippen molar-refractivity contribution in [3.05, 3.63) is 34.9 Å². The average molecular weight is 242 g/mol. The monoisotopic (exact) mass is 241 g/mol. The first-order valence-corrected chi connectivity index (χ1v) is 5.95. The lowest BCUT2D eigenvalue weighted by Gasteiger charge is -2.34. The van der Waals surface area contributed by atoms with Gasteiger partial charge in [0.1, 0.15) is 0 Å². The smallest absolute Gasteiger partial charge is 0.0820 e. The van der Waals surface area contributed by atoms with Crippen LogP contribution in [-0.2, 0) is 4.74 Å². The molecule has 0 spiro atoms. The molecule has 0 bridgehead atoms. The summed E-state index contributed by atoms with van der Waals surface area (Å²) in [4.78, 5) is 0. The molecule has 0 aliphatic carbocycles. The van der Waals surface area contributed by atoms with Gasteiger partial charge in [-0.25, -0.2) is 0 Å².